The Labute approximate surface area is 215 Å². The highest BCUT2D eigenvalue weighted by Crippen LogP contribution is 2.34. The van der Waals surface area contributed by atoms with Crippen molar-refractivity contribution in [2.24, 2.45) is 0 Å². The summed E-state index contributed by atoms with van der Waals surface area (Å²) in [6.45, 7) is 6.24. The van der Waals surface area contributed by atoms with Gasteiger partial charge in [-0.25, -0.2) is 0 Å². The van der Waals surface area contributed by atoms with E-state index in [1.165, 1.54) is 0 Å². The molecule has 0 radical (unpaired) electrons. The fourth-order valence-corrected chi connectivity index (χ4v) is 4.60. The number of anilines is 1. The lowest BCUT2D eigenvalue weighted by Gasteiger charge is -2.13. The maximum atomic E-state index is 13.0. The molecule has 1 heterocycles. The molecule has 3 aromatic carbocycles. The molecule has 1 aliphatic rings. The zero-order chi connectivity index (χ0) is 25.7. The molecule has 0 atom stereocenters. The Morgan fingerprint density at radius 2 is 1.78 bits per heavy atom. The van der Waals surface area contributed by atoms with Crippen LogP contribution in [0.25, 0.3) is 6.08 Å². The van der Waals surface area contributed by atoms with Crippen molar-refractivity contribution in [1.82, 2.24) is 4.90 Å². The largest absolute Gasteiger partial charge is 0.488 e. The quantitative estimate of drug-likeness (QED) is 0.364. The molecular formula is C29H28N2O4S. The molecule has 0 aliphatic carbocycles. The number of imide groups is 1. The molecule has 0 aromatic heterocycles. The van der Waals surface area contributed by atoms with Crippen molar-refractivity contribution in [2.75, 3.05) is 11.9 Å². The van der Waals surface area contributed by atoms with Crippen LogP contribution in [-0.2, 0) is 16.2 Å². The monoisotopic (exact) mass is 500 g/mol. The van der Waals surface area contributed by atoms with Crippen LogP contribution < -0.4 is 10.1 Å². The SMILES string of the molecule is Cc1cccc(COc2ccccc2/C=C2/SC(=O)N(CC(=O)Nc3ccc(C(C)C)cc3)C2=O)c1. The van der Waals surface area contributed by atoms with Crippen LogP contribution in [-0.4, -0.2) is 28.5 Å². The number of rotatable bonds is 8. The molecule has 3 aromatic rings. The molecule has 0 unspecified atom stereocenters. The maximum Gasteiger partial charge on any atom is 0.294 e. The number of benzene rings is 3. The number of nitrogens with one attached hydrogen (secondary N) is 1. The van der Waals surface area contributed by atoms with Crippen LogP contribution in [0.4, 0.5) is 10.5 Å². The van der Waals surface area contributed by atoms with Crippen LogP contribution >= 0.6 is 11.8 Å². The number of ether oxygens (including phenoxy) is 1. The van der Waals surface area contributed by atoms with Crippen molar-refractivity contribution in [2.45, 2.75) is 33.3 Å². The van der Waals surface area contributed by atoms with Gasteiger partial charge in [-0.05, 0) is 60.0 Å². The number of hydrogen-bond donors (Lipinski definition) is 1. The molecule has 1 saturated heterocycles. The summed E-state index contributed by atoms with van der Waals surface area (Å²) in [5.74, 6) is 0.0600. The standard InChI is InChI=1S/C29H28N2O4S/c1-19(2)22-11-13-24(14-12-22)30-27(32)17-31-28(33)26(36-29(31)34)16-23-9-4-5-10-25(23)35-18-21-8-6-7-20(3)15-21/h4-16,19H,17-18H2,1-3H3,(H,30,32)/b26-16+. The first-order valence-electron chi connectivity index (χ1n) is 11.7. The molecule has 1 N–H and O–H groups in total. The molecule has 1 fully saturated rings. The summed E-state index contributed by atoms with van der Waals surface area (Å²) in [5.41, 5.74) is 4.65. The van der Waals surface area contributed by atoms with Gasteiger partial charge in [-0.15, -0.1) is 0 Å². The molecule has 0 spiro atoms. The maximum absolute atomic E-state index is 13.0. The highest BCUT2D eigenvalue weighted by atomic mass is 32.2. The van der Waals surface area contributed by atoms with Gasteiger partial charge in [0.15, 0.2) is 0 Å². The van der Waals surface area contributed by atoms with Gasteiger partial charge in [0.2, 0.25) is 5.91 Å². The molecule has 0 bridgehead atoms. The minimum absolute atomic E-state index is 0.251. The predicted octanol–water partition coefficient (Wildman–Crippen LogP) is 6.37. The summed E-state index contributed by atoms with van der Waals surface area (Å²) in [4.78, 5) is 39.2. The summed E-state index contributed by atoms with van der Waals surface area (Å²) in [6, 6.07) is 22.9. The molecule has 6 nitrogen and oxygen atoms in total. The van der Waals surface area contributed by atoms with Crippen molar-refractivity contribution in [3.05, 3.63) is 100.0 Å². The average Bonchev–Trinajstić information content (AvgIpc) is 3.11. The van der Waals surface area contributed by atoms with Gasteiger partial charge in [0.05, 0.1) is 4.91 Å². The fourth-order valence-electron chi connectivity index (χ4n) is 3.77. The number of carbonyl (C=O) groups excluding carboxylic acids is 3. The molecule has 184 valence electrons. The second kappa shape index (κ2) is 11.3. The van der Waals surface area contributed by atoms with Gasteiger partial charge in [-0.2, -0.15) is 0 Å². The first-order valence-corrected chi connectivity index (χ1v) is 12.5. The second-order valence-corrected chi connectivity index (χ2v) is 9.90. The van der Waals surface area contributed by atoms with Crippen LogP contribution in [0, 0.1) is 6.92 Å². The number of para-hydroxylation sites is 1. The first-order chi connectivity index (χ1) is 17.3. The summed E-state index contributed by atoms with van der Waals surface area (Å²) < 4.78 is 6.00. The van der Waals surface area contributed by atoms with E-state index in [9.17, 15) is 14.4 Å². The second-order valence-electron chi connectivity index (χ2n) is 8.91. The Morgan fingerprint density at radius 1 is 1.03 bits per heavy atom. The number of hydrogen-bond acceptors (Lipinski definition) is 5. The van der Waals surface area contributed by atoms with Crippen molar-refractivity contribution >= 4 is 40.6 Å². The van der Waals surface area contributed by atoms with Crippen LogP contribution in [0.5, 0.6) is 5.75 Å². The van der Waals surface area contributed by atoms with Gasteiger partial charge >= 0.3 is 0 Å². The summed E-state index contributed by atoms with van der Waals surface area (Å²) >= 11 is 0.818. The van der Waals surface area contributed by atoms with Gasteiger partial charge in [-0.3, -0.25) is 19.3 Å². The van der Waals surface area contributed by atoms with Crippen molar-refractivity contribution in [3.63, 3.8) is 0 Å². The van der Waals surface area contributed by atoms with Gasteiger partial charge in [0.1, 0.15) is 18.9 Å². The van der Waals surface area contributed by atoms with E-state index in [1.54, 1.807) is 6.08 Å². The average molecular weight is 501 g/mol. The smallest absolute Gasteiger partial charge is 0.294 e. The Bertz CT molecular complexity index is 1310. The van der Waals surface area contributed by atoms with E-state index >= 15 is 0 Å². The van der Waals surface area contributed by atoms with Gasteiger partial charge < -0.3 is 10.1 Å². The van der Waals surface area contributed by atoms with E-state index in [0.29, 0.717) is 29.5 Å². The van der Waals surface area contributed by atoms with E-state index in [0.717, 1.165) is 33.4 Å². The minimum atomic E-state index is -0.496. The van der Waals surface area contributed by atoms with Crippen LogP contribution in [0.3, 0.4) is 0 Å². The number of aryl methyl sites for hydroxylation is 1. The Kier molecular flexibility index (Phi) is 7.90. The number of amides is 3. The van der Waals surface area contributed by atoms with Crippen molar-refractivity contribution in [1.29, 1.82) is 0 Å². The highest BCUT2D eigenvalue weighted by Gasteiger charge is 2.36. The highest BCUT2D eigenvalue weighted by molar-refractivity contribution is 8.18. The Morgan fingerprint density at radius 3 is 2.50 bits per heavy atom. The zero-order valence-electron chi connectivity index (χ0n) is 20.5. The van der Waals surface area contributed by atoms with Gasteiger partial charge in [0.25, 0.3) is 11.1 Å². The van der Waals surface area contributed by atoms with Crippen LogP contribution in [0.15, 0.2) is 77.7 Å². The number of carbonyl (C=O) groups is 3. The summed E-state index contributed by atoms with van der Waals surface area (Å²) in [5, 5.41) is 2.28. The molecule has 1 aliphatic heterocycles. The predicted molar refractivity (Wildman–Crippen MR) is 144 cm³/mol. The summed E-state index contributed by atoms with van der Waals surface area (Å²) in [7, 11) is 0. The molecule has 4 rings (SSSR count). The van der Waals surface area contributed by atoms with E-state index in [4.69, 9.17) is 4.74 Å². The van der Waals surface area contributed by atoms with E-state index in [-0.39, 0.29) is 11.4 Å². The van der Waals surface area contributed by atoms with Gasteiger partial charge in [-0.1, -0.05) is 74.0 Å². The zero-order valence-corrected chi connectivity index (χ0v) is 21.3. The van der Waals surface area contributed by atoms with Crippen LogP contribution in [0.1, 0.15) is 42.0 Å². The van der Waals surface area contributed by atoms with E-state index in [1.807, 2.05) is 73.7 Å². The van der Waals surface area contributed by atoms with Crippen LogP contribution in [0.2, 0.25) is 0 Å². The molecule has 7 heteroatoms. The third kappa shape index (κ3) is 6.23. The third-order valence-electron chi connectivity index (χ3n) is 5.72. The molecule has 36 heavy (non-hydrogen) atoms. The first kappa shape index (κ1) is 25.3. The van der Waals surface area contributed by atoms with Crippen molar-refractivity contribution in [3.8, 4) is 5.75 Å². The Hall–Kier alpha value is -3.84. The van der Waals surface area contributed by atoms with E-state index < -0.39 is 17.1 Å². The van der Waals surface area contributed by atoms with E-state index in [2.05, 4.69) is 25.2 Å². The molecule has 3 amide bonds. The van der Waals surface area contributed by atoms with Crippen molar-refractivity contribution < 1.29 is 19.1 Å². The van der Waals surface area contributed by atoms with Gasteiger partial charge in [0, 0.05) is 11.3 Å². The number of nitrogens with zero attached hydrogens (tertiary/aromatic N) is 1. The number of thioether (sulfide) groups is 1. The lowest BCUT2D eigenvalue weighted by molar-refractivity contribution is -0.127. The topological polar surface area (TPSA) is 75.7 Å². The minimum Gasteiger partial charge on any atom is -0.488 e. The fraction of sp³-hybridized carbons (Fsp3) is 0.207. The Balaban J connectivity index is 1.42. The molecule has 0 saturated carbocycles. The third-order valence-corrected chi connectivity index (χ3v) is 6.63. The lowest BCUT2D eigenvalue weighted by Crippen LogP contribution is -2.36. The summed E-state index contributed by atoms with van der Waals surface area (Å²) in [6.07, 6.45) is 1.64. The molecular weight excluding hydrogens is 472 g/mol. The lowest BCUT2D eigenvalue weighted by atomic mass is 10.0. The normalized spacial score (nSPS) is 14.6.